The van der Waals surface area contributed by atoms with Crippen LogP contribution in [0.5, 0.6) is 0 Å². The highest BCUT2D eigenvalue weighted by Crippen LogP contribution is 2.44. The lowest BCUT2D eigenvalue weighted by Crippen LogP contribution is -2.52. The standard InChI is InChI=1S/C28H27FN2O2/c29-23-12-10-22(11-13-23)26-25-9-5-4-8-21(25)14-15-31(26)27-30-19-28(33-27)16-24(17-28)32-18-20-6-2-1-3-7-20/h1-13,24,26H,14-19H2/t24?,26-,28?/m0/s1. The fourth-order valence-corrected chi connectivity index (χ4v) is 5.29. The Hall–Kier alpha value is -3.18. The summed E-state index contributed by atoms with van der Waals surface area (Å²) in [7, 11) is 0. The Balaban J connectivity index is 1.16. The van der Waals surface area contributed by atoms with Crippen LogP contribution >= 0.6 is 0 Å². The highest BCUT2D eigenvalue weighted by Gasteiger charge is 2.52. The Morgan fingerprint density at radius 1 is 0.970 bits per heavy atom. The first-order valence-electron chi connectivity index (χ1n) is 11.7. The lowest BCUT2D eigenvalue weighted by Gasteiger charge is -2.45. The largest absolute Gasteiger partial charge is 0.456 e. The fourth-order valence-electron chi connectivity index (χ4n) is 5.29. The van der Waals surface area contributed by atoms with E-state index in [0.29, 0.717) is 19.2 Å². The van der Waals surface area contributed by atoms with Gasteiger partial charge >= 0.3 is 0 Å². The fraction of sp³-hybridized carbons (Fsp3) is 0.321. The molecule has 0 aromatic heterocycles. The zero-order chi connectivity index (χ0) is 22.3. The van der Waals surface area contributed by atoms with Crippen LogP contribution in [0.4, 0.5) is 4.39 Å². The predicted octanol–water partition coefficient (Wildman–Crippen LogP) is 5.28. The molecule has 0 N–H and O–H groups in total. The number of halogens is 1. The first-order chi connectivity index (χ1) is 16.2. The van der Waals surface area contributed by atoms with Gasteiger partial charge in [0.05, 0.1) is 25.3 Å². The molecule has 1 saturated carbocycles. The molecular weight excluding hydrogens is 415 g/mol. The minimum Gasteiger partial charge on any atom is -0.456 e. The minimum absolute atomic E-state index is 0.0327. The van der Waals surface area contributed by atoms with Crippen molar-refractivity contribution in [3.8, 4) is 0 Å². The molecule has 1 spiro atoms. The van der Waals surface area contributed by atoms with Crippen molar-refractivity contribution in [3.63, 3.8) is 0 Å². The third-order valence-electron chi connectivity index (χ3n) is 7.05. The van der Waals surface area contributed by atoms with Crippen molar-refractivity contribution in [2.24, 2.45) is 4.99 Å². The average molecular weight is 443 g/mol. The molecule has 0 bridgehead atoms. The normalized spacial score (nSPS) is 25.8. The van der Waals surface area contributed by atoms with Crippen molar-refractivity contribution in [1.29, 1.82) is 0 Å². The monoisotopic (exact) mass is 442 g/mol. The number of benzene rings is 3. The lowest BCUT2D eigenvalue weighted by atomic mass is 9.77. The molecule has 2 heterocycles. The maximum Gasteiger partial charge on any atom is 0.288 e. The molecule has 1 fully saturated rings. The van der Waals surface area contributed by atoms with Crippen LogP contribution in [-0.4, -0.2) is 35.7 Å². The van der Waals surface area contributed by atoms with Gasteiger partial charge in [0, 0.05) is 19.4 Å². The molecule has 33 heavy (non-hydrogen) atoms. The van der Waals surface area contributed by atoms with E-state index in [2.05, 4.69) is 41.3 Å². The van der Waals surface area contributed by atoms with E-state index in [1.807, 2.05) is 30.3 Å². The summed E-state index contributed by atoms with van der Waals surface area (Å²) in [6.45, 7) is 2.12. The smallest absolute Gasteiger partial charge is 0.288 e. The zero-order valence-electron chi connectivity index (χ0n) is 18.5. The second kappa shape index (κ2) is 8.31. The number of hydrogen-bond acceptors (Lipinski definition) is 4. The van der Waals surface area contributed by atoms with E-state index >= 15 is 0 Å². The van der Waals surface area contributed by atoms with E-state index in [1.165, 1.54) is 28.8 Å². The summed E-state index contributed by atoms with van der Waals surface area (Å²) in [5, 5.41) is 0. The first-order valence-corrected chi connectivity index (χ1v) is 11.7. The molecule has 0 amide bonds. The highest BCUT2D eigenvalue weighted by atomic mass is 19.1. The lowest BCUT2D eigenvalue weighted by molar-refractivity contribution is -0.126. The third kappa shape index (κ3) is 3.91. The zero-order valence-corrected chi connectivity index (χ0v) is 18.5. The first kappa shape index (κ1) is 20.4. The quantitative estimate of drug-likeness (QED) is 0.552. The van der Waals surface area contributed by atoms with Crippen LogP contribution in [0.15, 0.2) is 83.9 Å². The van der Waals surface area contributed by atoms with Gasteiger partial charge in [0.2, 0.25) is 0 Å². The number of hydrogen-bond donors (Lipinski definition) is 0. The van der Waals surface area contributed by atoms with E-state index in [0.717, 1.165) is 31.4 Å². The van der Waals surface area contributed by atoms with Crippen LogP contribution in [0, 0.1) is 5.82 Å². The number of fused-ring (bicyclic) bond motifs is 1. The van der Waals surface area contributed by atoms with E-state index in [4.69, 9.17) is 14.5 Å². The van der Waals surface area contributed by atoms with Crippen molar-refractivity contribution < 1.29 is 13.9 Å². The summed E-state index contributed by atoms with van der Waals surface area (Å²) in [4.78, 5) is 7.10. The summed E-state index contributed by atoms with van der Waals surface area (Å²) in [6, 6.07) is 26.3. The molecule has 3 aromatic carbocycles. The Morgan fingerprint density at radius 3 is 2.55 bits per heavy atom. The van der Waals surface area contributed by atoms with Crippen molar-refractivity contribution in [2.75, 3.05) is 13.1 Å². The second-order valence-electron chi connectivity index (χ2n) is 9.31. The SMILES string of the molecule is Fc1ccc([C@H]2c3ccccc3CCN2C2=NCC3(CC(OCc4ccccc4)C3)O2)cc1. The van der Waals surface area contributed by atoms with Gasteiger partial charge in [-0.1, -0.05) is 66.7 Å². The van der Waals surface area contributed by atoms with Crippen LogP contribution in [0.25, 0.3) is 0 Å². The van der Waals surface area contributed by atoms with Gasteiger partial charge in [0.15, 0.2) is 0 Å². The Kier molecular flexibility index (Phi) is 5.14. The van der Waals surface area contributed by atoms with Crippen LogP contribution in [0.1, 0.15) is 41.1 Å². The van der Waals surface area contributed by atoms with Gasteiger partial charge in [-0.05, 0) is 40.8 Å². The summed E-state index contributed by atoms with van der Waals surface area (Å²) in [6.07, 6.45) is 2.86. The molecule has 0 unspecified atom stereocenters. The summed E-state index contributed by atoms with van der Waals surface area (Å²) < 4.78 is 26.3. The van der Waals surface area contributed by atoms with Crippen molar-refractivity contribution in [3.05, 3.63) is 107 Å². The van der Waals surface area contributed by atoms with Gasteiger partial charge in [-0.15, -0.1) is 0 Å². The number of nitrogens with zero attached hydrogens (tertiary/aromatic N) is 2. The molecule has 3 aromatic rings. The average Bonchev–Trinajstić information content (AvgIpc) is 3.28. The number of ether oxygens (including phenoxy) is 2. The van der Waals surface area contributed by atoms with Gasteiger partial charge in [-0.25, -0.2) is 9.38 Å². The molecule has 168 valence electrons. The molecule has 0 saturated heterocycles. The molecule has 2 aliphatic heterocycles. The molecular formula is C28H27FN2O2. The summed E-state index contributed by atoms with van der Waals surface area (Å²) in [5.74, 6) is -0.223. The van der Waals surface area contributed by atoms with Crippen LogP contribution in [0.3, 0.4) is 0 Å². The molecule has 1 aliphatic carbocycles. The molecule has 5 heteroatoms. The van der Waals surface area contributed by atoms with Gasteiger partial charge in [-0.3, -0.25) is 0 Å². The maximum absolute atomic E-state index is 13.6. The summed E-state index contributed by atoms with van der Waals surface area (Å²) in [5.41, 5.74) is 4.56. The predicted molar refractivity (Wildman–Crippen MR) is 125 cm³/mol. The summed E-state index contributed by atoms with van der Waals surface area (Å²) >= 11 is 0. The Morgan fingerprint density at radius 2 is 1.73 bits per heavy atom. The third-order valence-corrected chi connectivity index (χ3v) is 7.05. The molecule has 4 nitrogen and oxygen atoms in total. The van der Waals surface area contributed by atoms with E-state index in [9.17, 15) is 4.39 Å². The van der Waals surface area contributed by atoms with Gasteiger partial charge in [0.25, 0.3) is 6.02 Å². The van der Waals surface area contributed by atoms with Crippen molar-refractivity contribution in [2.45, 2.75) is 43.6 Å². The molecule has 6 rings (SSSR count). The number of aliphatic imine (C=N–C) groups is 1. The van der Waals surface area contributed by atoms with Gasteiger partial charge < -0.3 is 14.4 Å². The minimum atomic E-state index is -0.249. The van der Waals surface area contributed by atoms with Crippen molar-refractivity contribution in [1.82, 2.24) is 4.90 Å². The van der Waals surface area contributed by atoms with E-state index in [1.54, 1.807) is 0 Å². The molecule has 0 radical (unpaired) electrons. The topological polar surface area (TPSA) is 34.1 Å². The number of amidine groups is 1. The van der Waals surface area contributed by atoms with E-state index in [-0.39, 0.29) is 23.6 Å². The van der Waals surface area contributed by atoms with Crippen LogP contribution in [-0.2, 0) is 22.5 Å². The Labute approximate surface area is 193 Å². The van der Waals surface area contributed by atoms with Gasteiger partial charge in [0.1, 0.15) is 11.4 Å². The molecule has 1 atom stereocenters. The highest BCUT2D eigenvalue weighted by molar-refractivity contribution is 5.78. The second-order valence-corrected chi connectivity index (χ2v) is 9.31. The van der Waals surface area contributed by atoms with Gasteiger partial charge in [-0.2, -0.15) is 0 Å². The maximum atomic E-state index is 13.6. The Bertz CT molecular complexity index is 1160. The van der Waals surface area contributed by atoms with Crippen molar-refractivity contribution >= 4 is 6.02 Å². The van der Waals surface area contributed by atoms with Crippen LogP contribution in [0.2, 0.25) is 0 Å². The molecule has 3 aliphatic rings. The van der Waals surface area contributed by atoms with E-state index < -0.39 is 0 Å². The number of rotatable bonds is 4. The van der Waals surface area contributed by atoms with Crippen LogP contribution < -0.4 is 0 Å².